The van der Waals surface area contributed by atoms with Crippen LogP contribution in [0.5, 0.6) is 0 Å². The standard InChI is InChI=1S/C14H25N3O4/c1-10(12(18)19)16-5-7-17(8-6-16)13(20)15-14(3)4-9-21-11(14)2/h10-11H,4-9H2,1-3H3,(H,15,20)(H,18,19). The third-order valence-corrected chi connectivity index (χ3v) is 4.79. The number of hydrogen-bond acceptors (Lipinski definition) is 4. The van der Waals surface area contributed by atoms with E-state index in [9.17, 15) is 9.59 Å². The van der Waals surface area contributed by atoms with Gasteiger partial charge in [0.25, 0.3) is 0 Å². The summed E-state index contributed by atoms with van der Waals surface area (Å²) in [5, 5.41) is 12.1. The lowest BCUT2D eigenvalue weighted by atomic mass is 9.95. The van der Waals surface area contributed by atoms with Gasteiger partial charge in [0.05, 0.1) is 11.6 Å². The number of carbonyl (C=O) groups excluding carboxylic acids is 1. The lowest BCUT2D eigenvalue weighted by Crippen LogP contribution is -2.59. The number of rotatable bonds is 3. The Morgan fingerprint density at radius 2 is 1.95 bits per heavy atom. The van der Waals surface area contributed by atoms with Crippen molar-refractivity contribution in [3.8, 4) is 0 Å². The van der Waals surface area contributed by atoms with Crippen LogP contribution in [0.3, 0.4) is 0 Å². The van der Waals surface area contributed by atoms with Crippen LogP contribution in [-0.2, 0) is 9.53 Å². The van der Waals surface area contributed by atoms with Gasteiger partial charge in [0.2, 0.25) is 0 Å². The molecular formula is C14H25N3O4. The van der Waals surface area contributed by atoms with Crippen molar-refractivity contribution in [1.29, 1.82) is 0 Å². The zero-order chi connectivity index (χ0) is 15.6. The molecule has 0 aromatic heterocycles. The molecular weight excluding hydrogens is 274 g/mol. The molecule has 3 unspecified atom stereocenters. The van der Waals surface area contributed by atoms with E-state index in [-0.39, 0.29) is 17.7 Å². The van der Waals surface area contributed by atoms with Gasteiger partial charge in [0.15, 0.2) is 0 Å². The monoisotopic (exact) mass is 299 g/mol. The van der Waals surface area contributed by atoms with Crippen molar-refractivity contribution in [2.75, 3.05) is 32.8 Å². The predicted octanol–water partition coefficient (Wildman–Crippen LogP) is 0.354. The number of carboxylic acids is 1. The second kappa shape index (κ2) is 6.19. The maximum atomic E-state index is 12.3. The van der Waals surface area contributed by atoms with Crippen molar-refractivity contribution in [3.63, 3.8) is 0 Å². The average Bonchev–Trinajstić information content (AvgIpc) is 2.77. The van der Waals surface area contributed by atoms with E-state index in [2.05, 4.69) is 5.32 Å². The summed E-state index contributed by atoms with van der Waals surface area (Å²) in [4.78, 5) is 26.9. The van der Waals surface area contributed by atoms with E-state index in [0.29, 0.717) is 32.8 Å². The van der Waals surface area contributed by atoms with Crippen LogP contribution in [0.1, 0.15) is 27.2 Å². The maximum Gasteiger partial charge on any atom is 0.320 e. The van der Waals surface area contributed by atoms with E-state index in [1.807, 2.05) is 18.7 Å². The molecule has 0 saturated carbocycles. The first-order valence-electron chi connectivity index (χ1n) is 7.49. The summed E-state index contributed by atoms with van der Waals surface area (Å²) in [7, 11) is 0. The maximum absolute atomic E-state index is 12.3. The van der Waals surface area contributed by atoms with Gasteiger partial charge in [0.1, 0.15) is 6.04 Å². The Morgan fingerprint density at radius 1 is 1.33 bits per heavy atom. The fourth-order valence-electron chi connectivity index (χ4n) is 2.79. The average molecular weight is 299 g/mol. The first kappa shape index (κ1) is 16.0. The number of amides is 2. The summed E-state index contributed by atoms with van der Waals surface area (Å²) in [5.41, 5.74) is -0.317. The molecule has 2 amide bonds. The molecule has 0 radical (unpaired) electrons. The van der Waals surface area contributed by atoms with Crippen LogP contribution in [0.25, 0.3) is 0 Å². The van der Waals surface area contributed by atoms with E-state index >= 15 is 0 Å². The van der Waals surface area contributed by atoms with Gasteiger partial charge in [-0.1, -0.05) is 0 Å². The molecule has 7 heteroatoms. The van der Waals surface area contributed by atoms with E-state index in [0.717, 1.165) is 6.42 Å². The van der Waals surface area contributed by atoms with Crippen molar-refractivity contribution in [1.82, 2.24) is 15.1 Å². The van der Waals surface area contributed by atoms with Crippen molar-refractivity contribution < 1.29 is 19.4 Å². The van der Waals surface area contributed by atoms with Gasteiger partial charge in [-0.2, -0.15) is 0 Å². The van der Waals surface area contributed by atoms with Gasteiger partial charge >= 0.3 is 12.0 Å². The minimum atomic E-state index is -0.822. The van der Waals surface area contributed by atoms with Gasteiger partial charge in [-0.15, -0.1) is 0 Å². The van der Waals surface area contributed by atoms with E-state index < -0.39 is 12.0 Å². The Balaban J connectivity index is 1.85. The fraction of sp³-hybridized carbons (Fsp3) is 0.857. The minimum Gasteiger partial charge on any atom is -0.480 e. The summed E-state index contributed by atoms with van der Waals surface area (Å²) < 4.78 is 5.52. The van der Waals surface area contributed by atoms with Crippen LogP contribution in [0.4, 0.5) is 4.79 Å². The number of nitrogens with one attached hydrogen (secondary N) is 1. The second-order valence-corrected chi connectivity index (χ2v) is 6.15. The van der Waals surface area contributed by atoms with Gasteiger partial charge < -0.3 is 20.1 Å². The molecule has 2 saturated heterocycles. The number of carbonyl (C=O) groups is 2. The van der Waals surface area contributed by atoms with Crippen LogP contribution in [-0.4, -0.2) is 77.4 Å². The molecule has 2 heterocycles. The topological polar surface area (TPSA) is 82.1 Å². The third kappa shape index (κ3) is 3.47. The number of nitrogens with zero attached hydrogens (tertiary/aromatic N) is 2. The highest BCUT2D eigenvalue weighted by Crippen LogP contribution is 2.25. The molecule has 0 aliphatic carbocycles. The van der Waals surface area contributed by atoms with E-state index in [4.69, 9.17) is 9.84 Å². The first-order chi connectivity index (χ1) is 9.83. The van der Waals surface area contributed by atoms with Crippen LogP contribution >= 0.6 is 0 Å². The Morgan fingerprint density at radius 3 is 2.43 bits per heavy atom. The lowest BCUT2D eigenvalue weighted by Gasteiger charge is -2.38. The molecule has 0 aromatic carbocycles. The fourth-order valence-corrected chi connectivity index (χ4v) is 2.79. The van der Waals surface area contributed by atoms with E-state index in [1.165, 1.54) is 0 Å². The van der Waals surface area contributed by atoms with Crippen molar-refractivity contribution in [2.24, 2.45) is 0 Å². The number of aliphatic carboxylic acids is 1. The zero-order valence-corrected chi connectivity index (χ0v) is 13.0. The van der Waals surface area contributed by atoms with Crippen LogP contribution < -0.4 is 5.32 Å². The van der Waals surface area contributed by atoms with Gasteiger partial charge in [-0.05, 0) is 27.2 Å². The Hall–Kier alpha value is -1.34. The smallest absolute Gasteiger partial charge is 0.320 e. The molecule has 0 spiro atoms. The molecule has 0 bridgehead atoms. The number of carboxylic acid groups (broad SMARTS) is 1. The van der Waals surface area contributed by atoms with E-state index in [1.54, 1.807) is 11.8 Å². The number of urea groups is 1. The second-order valence-electron chi connectivity index (χ2n) is 6.15. The van der Waals surface area contributed by atoms with Gasteiger partial charge in [-0.3, -0.25) is 9.69 Å². The molecule has 120 valence electrons. The zero-order valence-electron chi connectivity index (χ0n) is 13.0. The van der Waals surface area contributed by atoms with Crippen molar-refractivity contribution in [2.45, 2.75) is 44.9 Å². The molecule has 2 fully saturated rings. The minimum absolute atomic E-state index is 0.00905. The number of hydrogen-bond donors (Lipinski definition) is 2. The van der Waals surface area contributed by atoms with Crippen molar-refractivity contribution >= 4 is 12.0 Å². The van der Waals surface area contributed by atoms with Crippen LogP contribution in [0.2, 0.25) is 0 Å². The van der Waals surface area contributed by atoms with Gasteiger partial charge in [0, 0.05) is 32.8 Å². The highest BCUT2D eigenvalue weighted by atomic mass is 16.5. The molecule has 2 N–H and O–H groups in total. The SMILES string of the molecule is CC(C(=O)O)N1CCN(C(=O)NC2(C)CCOC2C)CC1. The summed E-state index contributed by atoms with van der Waals surface area (Å²) in [5.74, 6) is -0.822. The third-order valence-electron chi connectivity index (χ3n) is 4.79. The summed E-state index contributed by atoms with van der Waals surface area (Å²) in [6, 6.07) is -0.589. The molecule has 3 atom stereocenters. The summed E-state index contributed by atoms with van der Waals surface area (Å²) >= 11 is 0. The Bertz CT molecular complexity index is 409. The molecule has 7 nitrogen and oxygen atoms in total. The Kier molecular flexibility index (Phi) is 4.73. The lowest BCUT2D eigenvalue weighted by molar-refractivity contribution is -0.143. The quantitative estimate of drug-likeness (QED) is 0.786. The summed E-state index contributed by atoms with van der Waals surface area (Å²) in [6.45, 7) is 8.60. The predicted molar refractivity (Wildman–Crippen MR) is 77.2 cm³/mol. The van der Waals surface area contributed by atoms with Gasteiger partial charge in [-0.25, -0.2) is 4.79 Å². The summed E-state index contributed by atoms with van der Waals surface area (Å²) in [6.07, 6.45) is 0.824. The van der Waals surface area contributed by atoms with Crippen LogP contribution in [0.15, 0.2) is 0 Å². The highest BCUT2D eigenvalue weighted by molar-refractivity contribution is 5.75. The molecule has 2 aliphatic heterocycles. The van der Waals surface area contributed by atoms with Crippen LogP contribution in [0, 0.1) is 0 Å². The molecule has 21 heavy (non-hydrogen) atoms. The number of piperazine rings is 1. The first-order valence-corrected chi connectivity index (χ1v) is 7.49. The molecule has 2 aliphatic rings. The molecule has 0 aromatic rings. The van der Waals surface area contributed by atoms with Crippen molar-refractivity contribution in [3.05, 3.63) is 0 Å². The highest BCUT2D eigenvalue weighted by Gasteiger charge is 2.39. The number of ether oxygens (including phenoxy) is 1. The molecule has 2 rings (SSSR count). The largest absolute Gasteiger partial charge is 0.480 e. The Labute approximate surface area is 125 Å². The normalized spacial score (nSPS) is 32.0.